The van der Waals surface area contributed by atoms with E-state index in [1.807, 2.05) is 0 Å². The lowest BCUT2D eigenvalue weighted by Crippen LogP contribution is -2.13. The van der Waals surface area contributed by atoms with Crippen LogP contribution in [0.25, 0.3) is 0 Å². The van der Waals surface area contributed by atoms with Gasteiger partial charge in [0.15, 0.2) is 0 Å². The Morgan fingerprint density at radius 3 is 1.85 bits per heavy atom. The van der Waals surface area contributed by atoms with Gasteiger partial charge in [0.05, 0.1) is 0 Å². The molecule has 0 unspecified atom stereocenters. The van der Waals surface area contributed by atoms with E-state index in [0.717, 1.165) is 18.3 Å². The molecule has 1 fully saturated rings. The lowest BCUT2D eigenvalue weighted by Gasteiger charge is -2.29. The molecular weight excluding hydrogens is 328 g/mol. The minimum Gasteiger partial charge on any atom is -0.333 e. The number of nitrogens with two attached hydrogens (primary N) is 2. The Hall–Kier alpha value is -1.64. The Morgan fingerprint density at radius 2 is 1.30 bits per heavy atom. The molecule has 27 heavy (non-hydrogen) atoms. The summed E-state index contributed by atoms with van der Waals surface area (Å²) < 4.78 is 0. The Balaban J connectivity index is 0.000000855. The van der Waals surface area contributed by atoms with E-state index in [9.17, 15) is 0 Å². The third-order valence-electron chi connectivity index (χ3n) is 5.51. The summed E-state index contributed by atoms with van der Waals surface area (Å²) in [7, 11) is 3.00. The second-order valence-electron chi connectivity index (χ2n) is 7.26. The van der Waals surface area contributed by atoms with E-state index in [1.165, 1.54) is 70.2 Å². The highest BCUT2D eigenvalue weighted by Crippen LogP contribution is 2.37. The zero-order valence-electron chi connectivity index (χ0n) is 17.7. The van der Waals surface area contributed by atoms with Crippen molar-refractivity contribution in [1.29, 1.82) is 0 Å². The summed E-state index contributed by atoms with van der Waals surface area (Å²) in [5.41, 5.74) is 13.4. The maximum atomic E-state index is 4.50. The molecule has 2 nitrogen and oxygen atoms in total. The fourth-order valence-electron chi connectivity index (χ4n) is 4.02. The molecule has 1 aliphatic carbocycles. The SMILES string of the molecule is CCCCC1CCC(c2ccc(Cc3ccccc3)cc2)CC1.CN.CN. The van der Waals surface area contributed by atoms with Gasteiger partial charge in [0.1, 0.15) is 0 Å². The molecule has 0 amide bonds. The molecule has 2 heteroatoms. The van der Waals surface area contributed by atoms with Crippen LogP contribution in [-0.2, 0) is 6.42 Å². The normalized spacial score (nSPS) is 18.6. The van der Waals surface area contributed by atoms with E-state index >= 15 is 0 Å². The minimum atomic E-state index is 0.804. The fourth-order valence-corrected chi connectivity index (χ4v) is 4.02. The van der Waals surface area contributed by atoms with Crippen LogP contribution in [0.4, 0.5) is 0 Å². The standard InChI is InChI=1S/C23H30.2CH5N/c1-2-3-7-19-10-14-22(15-11-19)23-16-12-21(13-17-23)18-20-8-5-4-6-9-20;2*1-2/h4-6,8-9,12-13,16-17,19,22H,2-3,7,10-11,14-15,18H2,1H3;2*2H2,1H3. The maximum absolute atomic E-state index is 4.50. The average Bonchev–Trinajstić information content (AvgIpc) is 2.77. The monoisotopic (exact) mass is 368 g/mol. The predicted octanol–water partition coefficient (Wildman–Crippen LogP) is 5.89. The summed E-state index contributed by atoms with van der Waals surface area (Å²) >= 11 is 0. The molecular formula is C25H40N2. The van der Waals surface area contributed by atoms with Crippen molar-refractivity contribution in [2.24, 2.45) is 17.4 Å². The van der Waals surface area contributed by atoms with Gasteiger partial charge in [-0.3, -0.25) is 0 Å². The third kappa shape index (κ3) is 8.28. The highest BCUT2D eigenvalue weighted by Gasteiger charge is 2.21. The molecule has 3 rings (SSSR count). The predicted molar refractivity (Wildman–Crippen MR) is 120 cm³/mol. The quantitative estimate of drug-likeness (QED) is 0.668. The highest BCUT2D eigenvalue weighted by molar-refractivity contribution is 5.30. The van der Waals surface area contributed by atoms with Gasteiger partial charge in [0, 0.05) is 0 Å². The number of hydrogen-bond acceptors (Lipinski definition) is 2. The first-order valence-corrected chi connectivity index (χ1v) is 10.6. The van der Waals surface area contributed by atoms with Gasteiger partial charge in [-0.25, -0.2) is 0 Å². The van der Waals surface area contributed by atoms with Gasteiger partial charge in [-0.15, -0.1) is 0 Å². The van der Waals surface area contributed by atoms with Crippen molar-refractivity contribution in [2.45, 2.75) is 64.2 Å². The lowest BCUT2D eigenvalue weighted by atomic mass is 9.77. The van der Waals surface area contributed by atoms with Gasteiger partial charge >= 0.3 is 0 Å². The number of unbranched alkanes of at least 4 members (excludes halogenated alkanes) is 1. The van der Waals surface area contributed by atoms with Gasteiger partial charge in [-0.1, -0.05) is 80.8 Å². The molecule has 1 saturated carbocycles. The smallest absolute Gasteiger partial charge is 0.00258 e. The van der Waals surface area contributed by atoms with Gasteiger partial charge in [0.25, 0.3) is 0 Å². The lowest BCUT2D eigenvalue weighted by molar-refractivity contribution is 0.304. The molecule has 0 aliphatic heterocycles. The molecule has 0 aromatic heterocycles. The van der Waals surface area contributed by atoms with Crippen LogP contribution in [0.1, 0.15) is 74.5 Å². The molecule has 4 N–H and O–H groups in total. The molecule has 0 atom stereocenters. The molecule has 2 aromatic rings. The topological polar surface area (TPSA) is 52.0 Å². The summed E-state index contributed by atoms with van der Waals surface area (Å²) in [5, 5.41) is 0. The Bertz CT molecular complexity index is 569. The van der Waals surface area contributed by atoms with E-state index in [2.05, 4.69) is 73.0 Å². The summed E-state index contributed by atoms with van der Waals surface area (Å²) in [5.74, 6) is 1.81. The molecule has 0 saturated heterocycles. The average molecular weight is 369 g/mol. The van der Waals surface area contributed by atoms with Gasteiger partial charge in [-0.05, 0) is 74.7 Å². The minimum absolute atomic E-state index is 0.804. The first-order valence-electron chi connectivity index (χ1n) is 10.6. The molecule has 1 aliphatic rings. The van der Waals surface area contributed by atoms with E-state index in [-0.39, 0.29) is 0 Å². The Kier molecular flexibility index (Phi) is 12.5. The maximum Gasteiger partial charge on any atom is -0.00258 e. The van der Waals surface area contributed by atoms with E-state index in [1.54, 1.807) is 5.56 Å². The summed E-state index contributed by atoms with van der Waals surface area (Å²) in [6.45, 7) is 2.31. The van der Waals surface area contributed by atoms with Crippen LogP contribution in [0.2, 0.25) is 0 Å². The summed E-state index contributed by atoms with van der Waals surface area (Å²) in [6.07, 6.45) is 10.9. The van der Waals surface area contributed by atoms with E-state index in [4.69, 9.17) is 0 Å². The molecule has 0 heterocycles. The van der Waals surface area contributed by atoms with E-state index in [0.29, 0.717) is 0 Å². The largest absolute Gasteiger partial charge is 0.333 e. The first-order chi connectivity index (χ1) is 13.3. The van der Waals surface area contributed by atoms with Crippen LogP contribution >= 0.6 is 0 Å². The van der Waals surface area contributed by atoms with Gasteiger partial charge < -0.3 is 11.5 Å². The number of rotatable bonds is 6. The molecule has 0 bridgehead atoms. The molecule has 2 aromatic carbocycles. The number of benzene rings is 2. The van der Waals surface area contributed by atoms with Crippen molar-refractivity contribution >= 4 is 0 Å². The fraction of sp³-hybridized carbons (Fsp3) is 0.520. The number of hydrogen-bond donors (Lipinski definition) is 2. The summed E-state index contributed by atoms with van der Waals surface area (Å²) in [4.78, 5) is 0. The van der Waals surface area contributed by atoms with Crippen LogP contribution in [0, 0.1) is 5.92 Å². The molecule has 0 radical (unpaired) electrons. The zero-order valence-corrected chi connectivity index (χ0v) is 17.7. The van der Waals surface area contributed by atoms with Crippen LogP contribution in [0.3, 0.4) is 0 Å². The van der Waals surface area contributed by atoms with Crippen molar-refractivity contribution in [3.63, 3.8) is 0 Å². The first kappa shape index (κ1) is 23.4. The summed E-state index contributed by atoms with van der Waals surface area (Å²) in [6, 6.07) is 20.2. The third-order valence-corrected chi connectivity index (χ3v) is 5.51. The van der Waals surface area contributed by atoms with Crippen molar-refractivity contribution in [3.05, 3.63) is 71.3 Å². The second kappa shape index (κ2) is 14.4. The Labute approximate surface area is 167 Å². The Morgan fingerprint density at radius 1 is 0.741 bits per heavy atom. The van der Waals surface area contributed by atoms with Crippen molar-refractivity contribution in [2.75, 3.05) is 14.1 Å². The second-order valence-corrected chi connectivity index (χ2v) is 7.26. The van der Waals surface area contributed by atoms with Crippen molar-refractivity contribution in [3.8, 4) is 0 Å². The zero-order chi connectivity index (χ0) is 19.9. The van der Waals surface area contributed by atoms with Crippen LogP contribution in [0.15, 0.2) is 54.6 Å². The van der Waals surface area contributed by atoms with Crippen molar-refractivity contribution < 1.29 is 0 Å². The van der Waals surface area contributed by atoms with Gasteiger partial charge in [-0.2, -0.15) is 0 Å². The molecule has 150 valence electrons. The highest BCUT2D eigenvalue weighted by atomic mass is 14.4. The van der Waals surface area contributed by atoms with Crippen LogP contribution < -0.4 is 11.5 Å². The van der Waals surface area contributed by atoms with Gasteiger partial charge in [0.2, 0.25) is 0 Å². The van der Waals surface area contributed by atoms with Crippen molar-refractivity contribution in [1.82, 2.24) is 0 Å². The van der Waals surface area contributed by atoms with Crippen LogP contribution in [-0.4, -0.2) is 14.1 Å². The van der Waals surface area contributed by atoms with Crippen LogP contribution in [0.5, 0.6) is 0 Å². The molecule has 0 spiro atoms. The van der Waals surface area contributed by atoms with E-state index < -0.39 is 0 Å².